The number of aromatic nitrogens is 2. The Morgan fingerprint density at radius 2 is 2.06 bits per heavy atom. The van der Waals surface area contributed by atoms with Crippen LogP contribution in [-0.2, 0) is 0 Å². The SMILES string of the molecule is On1cccc2cc(C3CCCCC3)nc1-2. The Bertz CT molecular complexity index is 457. The van der Waals surface area contributed by atoms with Gasteiger partial charge in [-0.25, -0.2) is 4.98 Å². The summed E-state index contributed by atoms with van der Waals surface area (Å²) in [5.41, 5.74) is 2.19. The third-order valence-electron chi connectivity index (χ3n) is 3.54. The summed E-state index contributed by atoms with van der Waals surface area (Å²) in [5.74, 6) is 1.28. The molecule has 0 saturated heterocycles. The summed E-state index contributed by atoms with van der Waals surface area (Å²) >= 11 is 0. The Morgan fingerprint density at radius 3 is 2.81 bits per heavy atom. The van der Waals surface area contributed by atoms with Crippen molar-refractivity contribution < 1.29 is 5.21 Å². The molecule has 2 aliphatic heterocycles. The minimum absolute atomic E-state index is 0.598. The molecule has 16 heavy (non-hydrogen) atoms. The Balaban J connectivity index is 1.98. The zero-order chi connectivity index (χ0) is 11.0. The van der Waals surface area contributed by atoms with E-state index >= 15 is 0 Å². The minimum Gasteiger partial charge on any atom is -0.427 e. The third-order valence-corrected chi connectivity index (χ3v) is 3.54. The van der Waals surface area contributed by atoms with E-state index in [4.69, 9.17) is 0 Å². The van der Waals surface area contributed by atoms with Gasteiger partial charge < -0.3 is 5.21 Å². The van der Waals surface area contributed by atoms with E-state index in [9.17, 15) is 5.21 Å². The van der Waals surface area contributed by atoms with Crippen molar-refractivity contribution in [3.05, 3.63) is 30.1 Å². The van der Waals surface area contributed by atoms with Crippen LogP contribution in [0.4, 0.5) is 0 Å². The molecule has 2 heterocycles. The van der Waals surface area contributed by atoms with Crippen LogP contribution < -0.4 is 0 Å². The average Bonchev–Trinajstić information content (AvgIpc) is 2.76. The molecule has 0 aromatic rings. The molecular weight excluding hydrogens is 200 g/mol. The van der Waals surface area contributed by atoms with Gasteiger partial charge in [-0.15, -0.1) is 0 Å². The summed E-state index contributed by atoms with van der Waals surface area (Å²) in [6.07, 6.45) is 8.10. The molecule has 0 radical (unpaired) electrons. The van der Waals surface area contributed by atoms with E-state index in [1.165, 1.54) is 32.1 Å². The van der Waals surface area contributed by atoms with E-state index in [0.29, 0.717) is 11.7 Å². The predicted molar refractivity (Wildman–Crippen MR) is 61.9 cm³/mol. The van der Waals surface area contributed by atoms with Crippen molar-refractivity contribution in [3.8, 4) is 11.4 Å². The van der Waals surface area contributed by atoms with Gasteiger partial charge in [-0.1, -0.05) is 19.3 Å². The molecule has 0 unspecified atom stereocenters. The number of hydrogen-bond acceptors (Lipinski definition) is 2. The van der Waals surface area contributed by atoms with Crippen LogP contribution in [0.2, 0.25) is 0 Å². The van der Waals surface area contributed by atoms with E-state index in [1.54, 1.807) is 6.20 Å². The number of nitrogens with zero attached hydrogens (tertiary/aromatic N) is 2. The lowest BCUT2D eigenvalue weighted by Crippen LogP contribution is -2.04. The van der Waals surface area contributed by atoms with Gasteiger partial charge in [0.05, 0.1) is 0 Å². The largest absolute Gasteiger partial charge is 0.427 e. The monoisotopic (exact) mass is 216 g/mol. The fourth-order valence-electron chi connectivity index (χ4n) is 2.66. The van der Waals surface area contributed by atoms with Gasteiger partial charge in [-0.2, -0.15) is 4.73 Å². The van der Waals surface area contributed by atoms with E-state index in [0.717, 1.165) is 16.0 Å². The second-order valence-corrected chi connectivity index (χ2v) is 4.65. The first-order valence-corrected chi connectivity index (χ1v) is 6.02. The van der Waals surface area contributed by atoms with Crippen molar-refractivity contribution in [2.75, 3.05) is 0 Å². The fourth-order valence-corrected chi connectivity index (χ4v) is 2.66. The molecule has 0 bridgehead atoms. The number of fused-ring (bicyclic) bond motifs is 1. The van der Waals surface area contributed by atoms with Gasteiger partial charge in [0, 0.05) is 23.4 Å². The van der Waals surface area contributed by atoms with Crippen LogP contribution in [-0.4, -0.2) is 14.9 Å². The molecule has 1 N–H and O–H groups in total. The van der Waals surface area contributed by atoms with Gasteiger partial charge in [0.1, 0.15) is 0 Å². The second kappa shape index (κ2) is 3.81. The molecule has 3 rings (SSSR count). The lowest BCUT2D eigenvalue weighted by atomic mass is 9.87. The lowest BCUT2D eigenvalue weighted by molar-refractivity contribution is 0.186. The van der Waals surface area contributed by atoms with E-state index < -0.39 is 0 Å². The van der Waals surface area contributed by atoms with E-state index in [-0.39, 0.29) is 0 Å². The van der Waals surface area contributed by atoms with Crippen LogP contribution in [0.5, 0.6) is 0 Å². The molecule has 0 aromatic carbocycles. The van der Waals surface area contributed by atoms with Crippen LogP contribution in [0, 0.1) is 0 Å². The highest BCUT2D eigenvalue weighted by Crippen LogP contribution is 2.35. The zero-order valence-corrected chi connectivity index (χ0v) is 9.26. The molecule has 3 aliphatic rings. The molecule has 0 aromatic heterocycles. The molecule has 3 nitrogen and oxygen atoms in total. The molecule has 1 fully saturated rings. The van der Waals surface area contributed by atoms with Crippen molar-refractivity contribution in [2.45, 2.75) is 38.0 Å². The summed E-state index contributed by atoms with van der Waals surface area (Å²) < 4.78 is 1.11. The summed E-state index contributed by atoms with van der Waals surface area (Å²) in [6.45, 7) is 0. The van der Waals surface area contributed by atoms with Crippen molar-refractivity contribution >= 4 is 0 Å². The van der Waals surface area contributed by atoms with Crippen molar-refractivity contribution in [2.24, 2.45) is 0 Å². The first-order valence-electron chi connectivity index (χ1n) is 6.02. The topological polar surface area (TPSA) is 38.0 Å². The molecule has 0 atom stereocenters. The summed E-state index contributed by atoms with van der Waals surface area (Å²) in [4.78, 5) is 4.55. The zero-order valence-electron chi connectivity index (χ0n) is 9.26. The molecule has 0 spiro atoms. The maximum Gasteiger partial charge on any atom is 0.175 e. The molecular formula is C13H16N2O. The Labute approximate surface area is 95.0 Å². The van der Waals surface area contributed by atoms with Crippen LogP contribution >= 0.6 is 0 Å². The Hall–Kier alpha value is -1.51. The second-order valence-electron chi connectivity index (χ2n) is 4.65. The highest BCUT2D eigenvalue weighted by molar-refractivity contribution is 5.59. The van der Waals surface area contributed by atoms with Crippen molar-refractivity contribution in [1.82, 2.24) is 9.71 Å². The van der Waals surface area contributed by atoms with Crippen LogP contribution in [0.15, 0.2) is 24.4 Å². The van der Waals surface area contributed by atoms with Gasteiger partial charge in [-0.3, -0.25) is 0 Å². The number of pyridine rings is 1. The van der Waals surface area contributed by atoms with Crippen LogP contribution in [0.25, 0.3) is 11.4 Å². The van der Waals surface area contributed by atoms with Gasteiger partial charge >= 0.3 is 0 Å². The molecule has 84 valence electrons. The van der Waals surface area contributed by atoms with Gasteiger partial charge in [0.25, 0.3) is 0 Å². The van der Waals surface area contributed by atoms with Crippen LogP contribution in [0.3, 0.4) is 0 Å². The number of hydrogen-bond donors (Lipinski definition) is 1. The average molecular weight is 216 g/mol. The predicted octanol–water partition coefficient (Wildman–Crippen LogP) is 3.27. The Kier molecular flexibility index (Phi) is 2.31. The number of rotatable bonds is 1. The summed E-state index contributed by atoms with van der Waals surface area (Å²) in [7, 11) is 0. The van der Waals surface area contributed by atoms with Crippen molar-refractivity contribution in [3.63, 3.8) is 0 Å². The standard InChI is InChI=1S/C13H16N2O/c16-15-8-4-7-11-9-12(14-13(11)15)10-5-2-1-3-6-10/h4,7-10,16H,1-3,5-6H2. The Morgan fingerprint density at radius 1 is 1.25 bits per heavy atom. The van der Waals surface area contributed by atoms with Crippen molar-refractivity contribution in [1.29, 1.82) is 0 Å². The first-order chi connectivity index (χ1) is 7.84. The fraction of sp³-hybridized carbons (Fsp3) is 0.462. The molecule has 1 saturated carbocycles. The maximum atomic E-state index is 9.64. The smallest absolute Gasteiger partial charge is 0.175 e. The third kappa shape index (κ3) is 1.56. The van der Waals surface area contributed by atoms with E-state index in [2.05, 4.69) is 11.1 Å². The maximum absolute atomic E-state index is 9.64. The van der Waals surface area contributed by atoms with Gasteiger partial charge in [0.15, 0.2) is 5.82 Å². The highest BCUT2D eigenvalue weighted by atomic mass is 16.5. The highest BCUT2D eigenvalue weighted by Gasteiger charge is 2.21. The molecule has 3 heteroatoms. The van der Waals surface area contributed by atoms with E-state index in [1.807, 2.05) is 12.1 Å². The normalized spacial score (nSPS) is 18.0. The lowest BCUT2D eigenvalue weighted by Gasteiger charge is -2.19. The molecule has 0 amide bonds. The van der Waals surface area contributed by atoms with Gasteiger partial charge in [-0.05, 0) is 31.0 Å². The summed E-state index contributed by atoms with van der Waals surface area (Å²) in [5, 5.41) is 9.64. The van der Waals surface area contributed by atoms with Gasteiger partial charge in [0.2, 0.25) is 0 Å². The summed E-state index contributed by atoms with van der Waals surface area (Å²) in [6, 6.07) is 5.97. The molecule has 1 aliphatic carbocycles. The quantitative estimate of drug-likeness (QED) is 0.743. The van der Waals surface area contributed by atoms with Crippen LogP contribution in [0.1, 0.15) is 43.7 Å². The minimum atomic E-state index is 0.598. The first kappa shape index (κ1) is 9.70.